The van der Waals surface area contributed by atoms with Gasteiger partial charge in [0.2, 0.25) is 16.0 Å². The highest BCUT2D eigenvalue weighted by Gasteiger charge is 2.66. The number of nitrogens with zero attached hydrogens (tertiary/aromatic N) is 4. The van der Waals surface area contributed by atoms with E-state index in [0.29, 0.717) is 37.8 Å². The fourth-order valence-corrected chi connectivity index (χ4v) is 8.09. The van der Waals surface area contributed by atoms with Gasteiger partial charge in [-0.2, -0.15) is 0 Å². The van der Waals surface area contributed by atoms with E-state index in [4.69, 9.17) is 10.5 Å². The molecule has 9 nitrogen and oxygen atoms in total. The predicted octanol–water partition coefficient (Wildman–Crippen LogP) is 2.07. The van der Waals surface area contributed by atoms with E-state index in [1.165, 1.54) is 31.3 Å². The van der Waals surface area contributed by atoms with Gasteiger partial charge in [-0.25, -0.2) is 26.5 Å². The molecule has 3 atom stereocenters. The number of likely N-dealkylation sites (tertiary alicyclic amines) is 1. The minimum atomic E-state index is -4.05. The maximum Gasteiger partial charge on any atom is 0.247 e. The highest BCUT2D eigenvalue weighted by molar-refractivity contribution is 7.91. The molecule has 0 amide bonds. The van der Waals surface area contributed by atoms with Crippen molar-refractivity contribution in [2.75, 3.05) is 39.9 Å². The summed E-state index contributed by atoms with van der Waals surface area (Å²) < 4.78 is 61.8. The number of ketones is 1. The number of halogens is 2. The van der Waals surface area contributed by atoms with E-state index in [2.05, 4.69) is 14.9 Å². The molecule has 1 aromatic carbocycles. The summed E-state index contributed by atoms with van der Waals surface area (Å²) >= 11 is 0. The summed E-state index contributed by atoms with van der Waals surface area (Å²) in [5.74, 6) is -1.50. The lowest BCUT2D eigenvalue weighted by molar-refractivity contribution is 0.0988. The Morgan fingerprint density at radius 3 is 2.74 bits per heavy atom. The number of rotatable bonds is 6. The van der Waals surface area contributed by atoms with Gasteiger partial charge in [0.25, 0.3) is 0 Å². The van der Waals surface area contributed by atoms with Gasteiger partial charge in [0.05, 0.1) is 12.8 Å². The second kappa shape index (κ2) is 9.65. The number of hydrogen-bond acceptors (Lipinski definition) is 8. The van der Waals surface area contributed by atoms with E-state index >= 15 is 4.39 Å². The molecule has 0 bridgehead atoms. The maximum atomic E-state index is 15.6. The van der Waals surface area contributed by atoms with E-state index in [9.17, 15) is 17.6 Å². The average Bonchev–Trinajstić information content (AvgIpc) is 3.55. The molecule has 4 heterocycles. The Bertz CT molecular complexity index is 1380. The van der Waals surface area contributed by atoms with Crippen molar-refractivity contribution in [3.05, 3.63) is 65.0 Å². The van der Waals surface area contributed by atoms with Crippen molar-refractivity contribution in [3.63, 3.8) is 0 Å². The molecule has 12 heteroatoms. The van der Waals surface area contributed by atoms with Gasteiger partial charge in [0, 0.05) is 38.7 Å². The molecule has 1 unspecified atom stereocenters. The van der Waals surface area contributed by atoms with Crippen molar-refractivity contribution in [1.82, 2.24) is 14.2 Å². The molecule has 5 rings (SSSR count). The van der Waals surface area contributed by atoms with Gasteiger partial charge < -0.3 is 15.4 Å². The summed E-state index contributed by atoms with van der Waals surface area (Å²) in [7, 11) is -2.68. The van der Waals surface area contributed by atoms with Crippen molar-refractivity contribution in [1.29, 1.82) is 0 Å². The predicted molar refractivity (Wildman–Crippen MR) is 137 cm³/mol. The van der Waals surface area contributed by atoms with Gasteiger partial charge in [-0.1, -0.05) is 6.07 Å². The first-order valence-corrected chi connectivity index (χ1v) is 14.0. The highest BCUT2D eigenvalue weighted by Crippen LogP contribution is 2.51. The smallest absolute Gasteiger partial charge is 0.247 e. The monoisotopic (exact) mass is 547 g/mol. The first-order valence-electron chi connectivity index (χ1n) is 12.5. The van der Waals surface area contributed by atoms with Crippen LogP contribution < -0.4 is 5.73 Å². The third-order valence-electron chi connectivity index (χ3n) is 8.19. The van der Waals surface area contributed by atoms with Crippen LogP contribution in [-0.4, -0.2) is 79.0 Å². The van der Waals surface area contributed by atoms with Gasteiger partial charge in [0.1, 0.15) is 27.6 Å². The SMILES string of the molecule is CN1C(N)=N[C@](C)(c2cc(CC(=O)c3ccc(F)cn3)ccc2F)[C@@]2(CCN(CC3CCOC3)C2)S1(=O)=O. The number of ether oxygens (including phenoxy) is 1. The lowest BCUT2D eigenvalue weighted by Crippen LogP contribution is -2.66. The molecule has 2 fully saturated rings. The van der Waals surface area contributed by atoms with E-state index in [-0.39, 0.29) is 42.4 Å². The highest BCUT2D eigenvalue weighted by atomic mass is 32.2. The Labute approximate surface area is 220 Å². The molecule has 0 aliphatic carbocycles. The molecular weight excluding hydrogens is 516 g/mol. The largest absolute Gasteiger partial charge is 0.381 e. The van der Waals surface area contributed by atoms with E-state index in [0.717, 1.165) is 23.0 Å². The quantitative estimate of drug-likeness (QED) is 0.550. The lowest BCUT2D eigenvalue weighted by atomic mass is 9.77. The van der Waals surface area contributed by atoms with E-state index in [1.807, 2.05) is 0 Å². The fourth-order valence-electron chi connectivity index (χ4n) is 5.93. The Balaban J connectivity index is 1.54. The molecule has 0 radical (unpaired) electrons. The topological polar surface area (TPSA) is 118 Å². The molecule has 2 N–H and O–H groups in total. The molecule has 1 spiro atoms. The molecule has 38 heavy (non-hydrogen) atoms. The third-order valence-corrected chi connectivity index (χ3v) is 10.8. The van der Waals surface area contributed by atoms with Gasteiger partial charge in [-0.3, -0.25) is 9.78 Å². The van der Waals surface area contributed by atoms with Gasteiger partial charge in [0.15, 0.2) is 5.78 Å². The molecular formula is C26H31F2N5O4S. The zero-order valence-electron chi connectivity index (χ0n) is 21.4. The standard InChI is InChI=1S/C26H31F2N5O4S/c1-25(20-11-17(3-5-21(20)28)12-23(34)22-6-4-19(27)13-30-22)26(38(35,36)32(2)24(29)31-25)8-9-33(16-26)14-18-7-10-37-15-18/h3-6,11,13,18H,7-10,12,14-16H2,1-2H3,(H2,29,31)/t18?,25-,26+/m1/s1. The van der Waals surface area contributed by atoms with Crippen LogP contribution in [-0.2, 0) is 26.7 Å². The molecule has 204 valence electrons. The Hall–Kier alpha value is -2.96. The van der Waals surface area contributed by atoms with Crippen molar-refractivity contribution < 1.29 is 26.7 Å². The number of aromatic nitrogens is 1. The minimum absolute atomic E-state index is 0.0561. The summed E-state index contributed by atoms with van der Waals surface area (Å²) in [6.45, 7) is 4.27. The summed E-state index contributed by atoms with van der Waals surface area (Å²) in [6.07, 6.45) is 1.97. The zero-order chi connectivity index (χ0) is 27.3. The van der Waals surface area contributed by atoms with Crippen molar-refractivity contribution in [2.24, 2.45) is 16.6 Å². The minimum Gasteiger partial charge on any atom is -0.381 e. The first-order chi connectivity index (χ1) is 18.0. The van der Waals surface area contributed by atoms with Crippen LogP contribution >= 0.6 is 0 Å². The number of sulfonamides is 1. The number of aliphatic imine (C=N–C) groups is 1. The molecule has 2 saturated heterocycles. The van der Waals surface area contributed by atoms with Crippen molar-refractivity contribution in [2.45, 2.75) is 36.5 Å². The number of carbonyl (C=O) groups excluding carboxylic acids is 1. The van der Waals surface area contributed by atoms with Crippen LogP contribution in [0, 0.1) is 17.6 Å². The summed E-state index contributed by atoms with van der Waals surface area (Å²) in [5, 5.41) is 0. The number of nitrogens with two attached hydrogens (primary N) is 1. The van der Waals surface area contributed by atoms with Crippen LogP contribution in [0.5, 0.6) is 0 Å². The zero-order valence-corrected chi connectivity index (χ0v) is 22.2. The molecule has 2 aromatic rings. The first kappa shape index (κ1) is 26.6. The van der Waals surface area contributed by atoms with Crippen LogP contribution in [0.2, 0.25) is 0 Å². The van der Waals surface area contributed by atoms with Gasteiger partial charge >= 0.3 is 0 Å². The van der Waals surface area contributed by atoms with Crippen LogP contribution in [0.25, 0.3) is 0 Å². The van der Waals surface area contributed by atoms with E-state index in [1.54, 1.807) is 6.92 Å². The number of pyridine rings is 1. The van der Waals surface area contributed by atoms with E-state index < -0.39 is 31.9 Å². The Morgan fingerprint density at radius 1 is 1.26 bits per heavy atom. The summed E-state index contributed by atoms with van der Waals surface area (Å²) in [6, 6.07) is 6.60. The van der Waals surface area contributed by atoms with Gasteiger partial charge in [-0.05, 0) is 62.1 Å². The molecule has 3 aliphatic heterocycles. The molecule has 1 aromatic heterocycles. The second-order valence-electron chi connectivity index (χ2n) is 10.5. The van der Waals surface area contributed by atoms with Crippen LogP contribution in [0.4, 0.5) is 8.78 Å². The number of guanidine groups is 1. The Kier molecular flexibility index (Phi) is 6.77. The molecule has 3 aliphatic rings. The Morgan fingerprint density at radius 2 is 2.05 bits per heavy atom. The van der Waals surface area contributed by atoms with Gasteiger partial charge in [-0.15, -0.1) is 0 Å². The summed E-state index contributed by atoms with van der Waals surface area (Å²) in [4.78, 5) is 23.3. The number of carbonyl (C=O) groups is 1. The lowest BCUT2D eigenvalue weighted by Gasteiger charge is -2.48. The summed E-state index contributed by atoms with van der Waals surface area (Å²) in [5.41, 5.74) is 5.12. The van der Waals surface area contributed by atoms with Crippen LogP contribution in [0.1, 0.15) is 41.4 Å². The second-order valence-corrected chi connectivity index (χ2v) is 12.8. The molecule has 0 saturated carbocycles. The van der Waals surface area contributed by atoms with Crippen LogP contribution in [0.15, 0.2) is 41.5 Å². The number of Topliss-reactive ketones (excluding diaryl/α,β-unsaturated/α-hetero) is 1. The van der Waals surface area contributed by atoms with Crippen molar-refractivity contribution in [3.8, 4) is 0 Å². The third kappa shape index (κ3) is 4.28. The normalized spacial score (nSPS) is 29.1. The van der Waals surface area contributed by atoms with Crippen LogP contribution in [0.3, 0.4) is 0 Å². The average molecular weight is 548 g/mol. The number of hydrogen-bond donors (Lipinski definition) is 1. The number of benzene rings is 1. The maximum absolute atomic E-state index is 15.6. The van der Waals surface area contributed by atoms with Crippen molar-refractivity contribution >= 4 is 21.8 Å². The fraction of sp³-hybridized carbons (Fsp3) is 0.500.